The van der Waals surface area contributed by atoms with Crippen LogP contribution in [0, 0.1) is 10.1 Å². The summed E-state index contributed by atoms with van der Waals surface area (Å²) < 4.78 is 8.39. The number of hydrogen-bond donors (Lipinski definition) is 1. The van der Waals surface area contributed by atoms with Gasteiger partial charge in [0.05, 0.1) is 0 Å². The Balaban J connectivity index is 0. The van der Waals surface area contributed by atoms with Crippen LogP contribution < -0.4 is 0 Å². The molecule has 0 saturated carbocycles. The van der Waals surface area contributed by atoms with Crippen molar-refractivity contribution in [2.45, 2.75) is 0 Å². The van der Waals surface area contributed by atoms with Gasteiger partial charge in [0.25, 0.3) is 5.09 Å². The van der Waals surface area contributed by atoms with Gasteiger partial charge < -0.3 is 5.21 Å². The summed E-state index contributed by atoms with van der Waals surface area (Å²) in [7, 11) is 0. The molecule has 0 atom stereocenters. The second kappa shape index (κ2) is 8.86. The van der Waals surface area contributed by atoms with Crippen LogP contribution in [-0.4, -0.2) is 35.0 Å². The van der Waals surface area contributed by atoms with Gasteiger partial charge in [-0.3, -0.25) is 0 Å². The molecule has 1 N–H and O–H groups in total. The predicted molar refractivity (Wildman–Crippen MR) is 16.6 cm³/mol. The van der Waals surface area contributed by atoms with E-state index in [1.807, 2.05) is 0 Å². The van der Waals surface area contributed by atoms with Crippen LogP contribution in [0.2, 0.25) is 0 Å². The summed E-state index contributed by atoms with van der Waals surface area (Å²) in [5.74, 6) is 0. The van der Waals surface area contributed by atoms with E-state index >= 15 is 0 Å². The Morgan fingerprint density at radius 2 is 1.67 bits per heavy atom. The van der Waals surface area contributed by atoms with Crippen molar-refractivity contribution in [1.29, 1.82) is 0 Å². The molecule has 36 valence electrons. The first-order valence-corrected chi connectivity index (χ1v) is 2.36. The molecule has 0 aliphatic heterocycles. The molecule has 0 unspecified atom stereocenters. The van der Waals surface area contributed by atoms with Crippen LogP contribution >= 0.6 is 0 Å². The van der Waals surface area contributed by atoms with Gasteiger partial charge in [-0.25, -0.2) is 0 Å². The van der Waals surface area contributed by atoms with E-state index in [0.717, 1.165) is 0 Å². The zero-order valence-electron chi connectivity index (χ0n) is 2.62. The molecule has 5 nitrogen and oxygen atoms in total. The van der Waals surface area contributed by atoms with E-state index in [2.05, 4.69) is 0 Å². The normalized spacial score (nSPS) is 4.67. The topological polar surface area (TPSA) is 80.4 Å². The van der Waals surface area contributed by atoms with Crippen LogP contribution in [0.3, 0.4) is 0 Å². The van der Waals surface area contributed by atoms with E-state index in [9.17, 15) is 0 Å². The van der Waals surface area contributed by atoms with Crippen molar-refractivity contribution in [2.24, 2.45) is 0 Å². The second-order valence-corrected chi connectivity index (χ2v) is 0.238. The monoisotopic (exact) mass is 289 g/mol. The SMILES string of the molecule is O=[N+]([O-])O.[O]=[BiH]. The Labute approximate surface area is 48.4 Å². The maximum atomic E-state index is 8.39. The summed E-state index contributed by atoms with van der Waals surface area (Å²) in [5.41, 5.74) is 0. The van der Waals surface area contributed by atoms with E-state index in [4.69, 9.17) is 18.1 Å². The molecule has 0 aliphatic rings. The van der Waals surface area contributed by atoms with Gasteiger partial charge in [-0.15, -0.1) is 10.1 Å². The Morgan fingerprint density at radius 1 is 1.67 bits per heavy atom. The van der Waals surface area contributed by atoms with Crippen LogP contribution in [-0.2, 0) is 2.81 Å². The van der Waals surface area contributed by atoms with Crippen molar-refractivity contribution in [2.75, 3.05) is 0 Å². The van der Waals surface area contributed by atoms with Crippen LogP contribution in [0.5, 0.6) is 0 Å². The molecule has 0 radical (unpaired) electrons. The predicted octanol–water partition coefficient (Wildman–Crippen LogP) is -1.12. The van der Waals surface area contributed by atoms with E-state index in [0.29, 0.717) is 0 Å². The zero-order chi connectivity index (χ0) is 5.58. The molecule has 0 aromatic heterocycles. The minimum absolute atomic E-state index is 0.0556. The van der Waals surface area contributed by atoms with Gasteiger partial charge in [-0.1, -0.05) is 0 Å². The molecule has 0 saturated heterocycles. The van der Waals surface area contributed by atoms with E-state index in [-0.39, 0.29) is 24.7 Å². The molecular weight excluding hydrogens is 287 g/mol. The molecule has 0 rings (SSSR count). The molecule has 0 bridgehead atoms. The van der Waals surface area contributed by atoms with Gasteiger partial charge in [0.15, 0.2) is 0 Å². The zero-order valence-corrected chi connectivity index (χ0v) is 6.51. The first kappa shape index (κ1) is 9.30. The van der Waals surface area contributed by atoms with Gasteiger partial charge in [-0.05, 0) is 0 Å². The first-order chi connectivity index (χ1) is 2.73. The first-order valence-electron chi connectivity index (χ1n) is 0.769. The van der Waals surface area contributed by atoms with Crippen LogP contribution in [0.4, 0.5) is 0 Å². The third-order valence-electron chi connectivity index (χ3n) is 0. The van der Waals surface area contributed by atoms with Gasteiger partial charge >= 0.3 is 27.5 Å². The van der Waals surface area contributed by atoms with Crippen molar-refractivity contribution in [3.05, 3.63) is 10.1 Å². The third-order valence-corrected chi connectivity index (χ3v) is 0. The molecule has 0 heterocycles. The van der Waals surface area contributed by atoms with Crippen LogP contribution in [0.25, 0.3) is 0 Å². The van der Waals surface area contributed by atoms with Crippen LogP contribution in [0.1, 0.15) is 0 Å². The number of nitrogens with zero attached hydrogens (tertiary/aromatic N) is 1. The third kappa shape index (κ3) is 2360. The molecule has 0 spiro atoms. The molecule has 0 fully saturated rings. The average molecular weight is 289 g/mol. The summed E-state index contributed by atoms with van der Waals surface area (Å²) in [6, 6.07) is 0. The molecular formula is H2BiNO4. The molecule has 6 heavy (non-hydrogen) atoms. The molecule has 0 aromatic rings. The van der Waals surface area contributed by atoms with Gasteiger partial charge in [0, 0.05) is 0 Å². The van der Waals surface area contributed by atoms with Gasteiger partial charge in [0.1, 0.15) is 0 Å². The standard InChI is InChI=1S/Bi.HNO3.O.H/c;2-1(3)4;;/h;(H,2,3,4);;. The summed E-state index contributed by atoms with van der Waals surface area (Å²) in [4.78, 5) is 8.36. The van der Waals surface area contributed by atoms with Crippen molar-refractivity contribution in [3.8, 4) is 0 Å². The van der Waals surface area contributed by atoms with Crippen molar-refractivity contribution >= 4 is 24.7 Å². The van der Waals surface area contributed by atoms with Crippen molar-refractivity contribution in [1.82, 2.24) is 0 Å². The van der Waals surface area contributed by atoms with E-state index < -0.39 is 5.09 Å². The average Bonchev–Trinajstić information content (AvgIpc) is 1.41. The molecule has 6 heteroatoms. The second-order valence-electron chi connectivity index (χ2n) is 0.238. The number of hydrogen-bond acceptors (Lipinski definition) is 3. The fourth-order valence-corrected chi connectivity index (χ4v) is 0. The fraction of sp³-hybridized carbons (Fsp3) is 0. The van der Waals surface area contributed by atoms with E-state index in [1.165, 1.54) is 0 Å². The van der Waals surface area contributed by atoms with Crippen LogP contribution in [0.15, 0.2) is 0 Å². The maximum absolute atomic E-state index is 8.39. The molecule has 0 amide bonds. The quantitative estimate of drug-likeness (QED) is 0.348. The van der Waals surface area contributed by atoms with Crippen molar-refractivity contribution < 1.29 is 13.1 Å². The van der Waals surface area contributed by atoms with Crippen molar-refractivity contribution in [3.63, 3.8) is 0 Å². The minimum atomic E-state index is -1.50. The Hall–Kier alpha value is -0.117. The molecule has 0 aliphatic carbocycles. The summed E-state index contributed by atoms with van der Waals surface area (Å²) in [6.07, 6.45) is 0. The van der Waals surface area contributed by atoms with Gasteiger partial charge in [0.2, 0.25) is 0 Å². The summed E-state index contributed by atoms with van der Waals surface area (Å²) >= 11 is 0.0556. The summed E-state index contributed by atoms with van der Waals surface area (Å²) in [6.45, 7) is 0. The van der Waals surface area contributed by atoms with E-state index in [1.54, 1.807) is 0 Å². The van der Waals surface area contributed by atoms with Gasteiger partial charge in [-0.2, -0.15) is 0 Å². The number of rotatable bonds is 0. The Bertz CT molecular complexity index is 38.8. The fourth-order valence-electron chi connectivity index (χ4n) is 0. The Morgan fingerprint density at radius 3 is 1.67 bits per heavy atom. The summed E-state index contributed by atoms with van der Waals surface area (Å²) in [5, 5.41) is 13.6. The Kier molecular flexibility index (Phi) is 13.7. The molecule has 0 aromatic carbocycles.